The van der Waals surface area contributed by atoms with E-state index in [1.807, 2.05) is 66.7 Å². The second-order valence-corrected chi connectivity index (χ2v) is 10.6. The number of anilines is 3. The number of benzene rings is 3. The minimum absolute atomic E-state index is 0.0466. The maximum atomic E-state index is 13.9. The molecule has 0 unspecified atom stereocenters. The summed E-state index contributed by atoms with van der Waals surface area (Å²) in [5.41, 5.74) is 1.54. The molecule has 212 valence electrons. The van der Waals surface area contributed by atoms with Crippen molar-refractivity contribution in [2.24, 2.45) is 5.92 Å². The number of hydrogen-bond donors (Lipinski definition) is 2. The minimum atomic E-state index is -1.80. The lowest BCUT2D eigenvalue weighted by atomic mass is 9.83. The lowest BCUT2D eigenvalue weighted by Gasteiger charge is -2.28. The van der Waals surface area contributed by atoms with Crippen LogP contribution in [0.3, 0.4) is 0 Å². The van der Waals surface area contributed by atoms with Crippen molar-refractivity contribution in [1.29, 1.82) is 0 Å². The highest BCUT2D eigenvalue weighted by molar-refractivity contribution is 6.07. The molecule has 41 heavy (non-hydrogen) atoms. The Labute approximate surface area is 240 Å². The van der Waals surface area contributed by atoms with Crippen molar-refractivity contribution < 1.29 is 24.6 Å². The summed E-state index contributed by atoms with van der Waals surface area (Å²) in [5.74, 6) is -1.12. The van der Waals surface area contributed by atoms with Crippen LogP contribution in [-0.2, 0) is 26.5 Å². The zero-order valence-corrected chi connectivity index (χ0v) is 23.1. The smallest absolute Gasteiger partial charge is 0.264 e. The van der Waals surface area contributed by atoms with Gasteiger partial charge in [0.15, 0.2) is 5.60 Å². The van der Waals surface area contributed by atoms with Crippen molar-refractivity contribution in [3.8, 4) is 0 Å². The van der Waals surface area contributed by atoms with E-state index in [0.717, 1.165) is 30.5 Å². The summed E-state index contributed by atoms with van der Waals surface area (Å²) in [4.78, 5) is 43.4. The van der Waals surface area contributed by atoms with Gasteiger partial charge in [-0.25, -0.2) is 0 Å². The normalized spacial score (nSPS) is 20.9. The summed E-state index contributed by atoms with van der Waals surface area (Å²) >= 11 is 0. The molecule has 1 saturated heterocycles. The molecule has 0 aromatic heterocycles. The molecule has 0 radical (unpaired) electrons. The summed E-state index contributed by atoms with van der Waals surface area (Å²) in [6.45, 7) is 2.57. The first-order valence-electron chi connectivity index (χ1n) is 14.0. The van der Waals surface area contributed by atoms with Crippen LogP contribution in [0.2, 0.25) is 0 Å². The molecule has 8 nitrogen and oxygen atoms in total. The number of likely N-dealkylation sites (tertiary alicyclic amines) is 1. The molecular weight excluding hydrogens is 518 g/mol. The van der Waals surface area contributed by atoms with E-state index in [4.69, 9.17) is 0 Å². The molecule has 8 heteroatoms. The Bertz CT molecular complexity index is 1440. The van der Waals surface area contributed by atoms with Gasteiger partial charge in [0, 0.05) is 35.8 Å². The van der Waals surface area contributed by atoms with Gasteiger partial charge in [0.25, 0.3) is 5.91 Å². The van der Waals surface area contributed by atoms with E-state index in [9.17, 15) is 24.6 Å². The van der Waals surface area contributed by atoms with Gasteiger partial charge in [-0.1, -0.05) is 67.6 Å². The lowest BCUT2D eigenvalue weighted by Crippen LogP contribution is -2.44. The van der Waals surface area contributed by atoms with Gasteiger partial charge in [-0.05, 0) is 48.7 Å². The largest absolute Gasteiger partial charge is 0.394 e. The second-order valence-electron chi connectivity index (χ2n) is 10.6. The molecule has 0 aliphatic carbocycles. The number of hydrogen-bond acceptors (Lipinski definition) is 5. The van der Waals surface area contributed by atoms with E-state index in [2.05, 4.69) is 0 Å². The highest BCUT2D eigenvalue weighted by Gasteiger charge is 2.52. The third-order valence-electron chi connectivity index (χ3n) is 8.13. The molecule has 2 aliphatic rings. The minimum Gasteiger partial charge on any atom is -0.394 e. The van der Waals surface area contributed by atoms with Gasteiger partial charge in [-0.2, -0.15) is 0 Å². The first-order chi connectivity index (χ1) is 19.9. The van der Waals surface area contributed by atoms with Crippen molar-refractivity contribution >= 4 is 35.3 Å². The molecule has 2 N–H and O–H groups in total. The lowest BCUT2D eigenvalue weighted by molar-refractivity contribution is -0.139. The summed E-state index contributed by atoms with van der Waals surface area (Å²) in [7, 11) is 0. The third-order valence-corrected chi connectivity index (χ3v) is 8.13. The average Bonchev–Trinajstić information content (AvgIpc) is 3.57. The highest BCUT2D eigenvalue weighted by atomic mass is 16.3. The number of rotatable bonds is 10. The number of aliphatic hydroxyl groups is 2. The summed E-state index contributed by atoms with van der Waals surface area (Å²) in [6, 6.07) is 23.8. The van der Waals surface area contributed by atoms with Crippen molar-refractivity contribution in [2.45, 2.75) is 44.4 Å². The third kappa shape index (κ3) is 5.40. The van der Waals surface area contributed by atoms with Gasteiger partial charge in [0.1, 0.15) is 0 Å². The summed E-state index contributed by atoms with van der Waals surface area (Å²) < 4.78 is 0. The number of nitrogens with zero attached hydrogens (tertiary/aromatic N) is 3. The van der Waals surface area contributed by atoms with Gasteiger partial charge in [0.05, 0.1) is 24.9 Å². The van der Waals surface area contributed by atoms with E-state index in [1.165, 1.54) is 0 Å². The van der Waals surface area contributed by atoms with Gasteiger partial charge in [-0.3, -0.25) is 19.3 Å². The maximum absolute atomic E-state index is 13.9. The molecule has 0 spiro atoms. The Hall–Kier alpha value is -4.27. The van der Waals surface area contributed by atoms with Crippen LogP contribution < -0.4 is 9.80 Å². The van der Waals surface area contributed by atoms with Crippen LogP contribution in [0.15, 0.2) is 91.0 Å². The fourth-order valence-corrected chi connectivity index (χ4v) is 5.89. The SMILES string of the molecule is C[C@H](/C=C/CC(=O)N1CCC[C@H]1CO)[C@@]1(O)C(=O)N(Cc2cccc(N(C=O)c3ccccc3)c2)c2ccccc21. The number of carbonyl (C=O) groups is 3. The summed E-state index contributed by atoms with van der Waals surface area (Å²) in [6.07, 6.45) is 6.00. The van der Waals surface area contributed by atoms with Crippen LogP contribution in [-0.4, -0.2) is 52.5 Å². The van der Waals surface area contributed by atoms with Crippen molar-refractivity contribution in [1.82, 2.24) is 4.90 Å². The Morgan fingerprint density at radius 3 is 2.56 bits per heavy atom. The van der Waals surface area contributed by atoms with E-state index >= 15 is 0 Å². The number of amides is 3. The van der Waals surface area contributed by atoms with Crippen LogP contribution in [0.1, 0.15) is 37.3 Å². The standard InChI is InChI=1S/C33H35N3O5/c1-24(10-7-18-31(39)34-19-9-15-28(34)22-37)33(41)29-16-5-6-17-30(29)35(32(33)40)21-25-11-8-14-27(20-25)36(23-38)26-12-3-2-4-13-26/h2-8,10-14,16-17,20,23-24,28,37,41H,9,15,18-19,21-22H2,1H3/b10-7+/t24-,28+,33+/m1/s1. The molecule has 3 aromatic rings. The zero-order chi connectivity index (χ0) is 29.0. The molecule has 3 amide bonds. The van der Waals surface area contributed by atoms with Crippen LogP contribution >= 0.6 is 0 Å². The molecule has 1 fully saturated rings. The summed E-state index contributed by atoms with van der Waals surface area (Å²) in [5, 5.41) is 21.4. The van der Waals surface area contributed by atoms with Gasteiger partial charge in [0.2, 0.25) is 12.3 Å². The van der Waals surface area contributed by atoms with Crippen LogP contribution in [0.5, 0.6) is 0 Å². The fourth-order valence-electron chi connectivity index (χ4n) is 5.89. The zero-order valence-electron chi connectivity index (χ0n) is 23.1. The molecule has 0 bridgehead atoms. The predicted octanol–water partition coefficient (Wildman–Crippen LogP) is 4.28. The van der Waals surface area contributed by atoms with Crippen LogP contribution in [0.25, 0.3) is 0 Å². The fraction of sp³-hybridized carbons (Fsp3) is 0.303. The quantitative estimate of drug-likeness (QED) is 0.288. The molecule has 5 rings (SSSR count). The monoisotopic (exact) mass is 553 g/mol. The van der Waals surface area contributed by atoms with Crippen LogP contribution in [0, 0.1) is 5.92 Å². The first kappa shape index (κ1) is 28.3. The van der Waals surface area contributed by atoms with E-state index in [-0.39, 0.29) is 31.5 Å². The predicted molar refractivity (Wildman–Crippen MR) is 157 cm³/mol. The molecule has 3 aromatic carbocycles. The van der Waals surface area contributed by atoms with E-state index < -0.39 is 17.4 Å². The van der Waals surface area contributed by atoms with Gasteiger partial charge >= 0.3 is 0 Å². The topological polar surface area (TPSA) is 101 Å². The average molecular weight is 554 g/mol. The maximum Gasteiger partial charge on any atom is 0.264 e. The molecule has 0 saturated carbocycles. The van der Waals surface area contributed by atoms with E-state index in [1.54, 1.807) is 45.9 Å². The number of aliphatic hydroxyl groups excluding tert-OH is 1. The molecule has 2 heterocycles. The Kier molecular flexibility index (Phi) is 8.33. The van der Waals surface area contributed by atoms with Gasteiger partial charge < -0.3 is 20.0 Å². The van der Waals surface area contributed by atoms with Crippen molar-refractivity contribution in [3.63, 3.8) is 0 Å². The van der Waals surface area contributed by atoms with Crippen molar-refractivity contribution in [3.05, 3.63) is 102 Å². The van der Waals surface area contributed by atoms with Crippen LogP contribution in [0.4, 0.5) is 17.1 Å². The number of carbonyl (C=O) groups excluding carboxylic acids is 3. The van der Waals surface area contributed by atoms with Gasteiger partial charge in [-0.15, -0.1) is 0 Å². The number of fused-ring (bicyclic) bond motifs is 1. The number of para-hydroxylation sites is 2. The Morgan fingerprint density at radius 1 is 1.07 bits per heavy atom. The highest BCUT2D eigenvalue weighted by Crippen LogP contribution is 2.45. The second kappa shape index (κ2) is 12.1. The van der Waals surface area contributed by atoms with E-state index in [0.29, 0.717) is 23.5 Å². The Balaban J connectivity index is 1.36. The molecule has 3 atom stereocenters. The Morgan fingerprint density at radius 2 is 1.80 bits per heavy atom. The molecule has 2 aliphatic heterocycles. The first-order valence-corrected chi connectivity index (χ1v) is 14.0. The van der Waals surface area contributed by atoms with Crippen molar-refractivity contribution in [2.75, 3.05) is 23.0 Å². The molecular formula is C33H35N3O5.